The van der Waals surface area contributed by atoms with Gasteiger partial charge in [-0.1, -0.05) is 19.1 Å². The standard InChI is InChI=1S/C24H30O7/c1-16-14-23-10-11-24(31-23)21(25)7-6-19(29-24)8-13-28-22(26)18-4-2-17(3-5-18)15-27-12-9-20(16)30-23/h2-5,16,19-20H,6-15H2,1H3/t16-,19+,20-,23?,24?/m1/s1. The maximum Gasteiger partial charge on any atom is 0.338 e. The molecule has 1 aromatic carbocycles. The molecule has 5 aliphatic heterocycles. The van der Waals surface area contributed by atoms with E-state index in [1.807, 2.05) is 12.1 Å². The number of hydrogen-bond donors (Lipinski definition) is 0. The monoisotopic (exact) mass is 430 g/mol. The van der Waals surface area contributed by atoms with Crippen LogP contribution in [0.2, 0.25) is 0 Å². The molecule has 2 unspecified atom stereocenters. The fraction of sp³-hybridized carbons (Fsp3) is 0.667. The molecule has 6 rings (SSSR count). The van der Waals surface area contributed by atoms with Gasteiger partial charge in [0.25, 0.3) is 0 Å². The fourth-order valence-corrected chi connectivity index (χ4v) is 5.24. The van der Waals surface area contributed by atoms with Gasteiger partial charge in [-0.05, 0) is 36.5 Å². The molecule has 31 heavy (non-hydrogen) atoms. The molecule has 0 radical (unpaired) electrons. The van der Waals surface area contributed by atoms with Crippen molar-refractivity contribution in [3.63, 3.8) is 0 Å². The Morgan fingerprint density at radius 1 is 0.968 bits per heavy atom. The van der Waals surface area contributed by atoms with E-state index in [2.05, 4.69) is 6.92 Å². The molecule has 7 heteroatoms. The second-order valence-corrected chi connectivity index (χ2v) is 9.27. The van der Waals surface area contributed by atoms with Crippen molar-refractivity contribution in [3.8, 4) is 0 Å². The van der Waals surface area contributed by atoms with Crippen LogP contribution in [-0.4, -0.2) is 48.7 Å². The Morgan fingerprint density at radius 3 is 2.65 bits per heavy atom. The molecule has 0 saturated carbocycles. The van der Waals surface area contributed by atoms with Gasteiger partial charge in [0.15, 0.2) is 11.6 Å². The summed E-state index contributed by atoms with van der Waals surface area (Å²) in [6.45, 7) is 3.45. The Labute approximate surface area is 182 Å². The molecule has 0 aromatic heterocycles. The second-order valence-electron chi connectivity index (χ2n) is 9.27. The number of carbonyl (C=O) groups excluding carboxylic acids is 2. The van der Waals surface area contributed by atoms with Crippen molar-refractivity contribution in [1.29, 1.82) is 0 Å². The van der Waals surface area contributed by atoms with Crippen LogP contribution >= 0.6 is 0 Å². The van der Waals surface area contributed by atoms with E-state index in [0.717, 1.165) is 18.4 Å². The topological polar surface area (TPSA) is 80.3 Å². The number of carbonyl (C=O) groups is 2. The third-order valence-electron chi connectivity index (χ3n) is 6.97. The summed E-state index contributed by atoms with van der Waals surface area (Å²) in [5.41, 5.74) is 1.52. The van der Waals surface area contributed by atoms with Crippen molar-refractivity contribution in [3.05, 3.63) is 35.4 Å². The molecule has 0 amide bonds. The van der Waals surface area contributed by atoms with Gasteiger partial charge in [-0.15, -0.1) is 0 Å². The highest BCUT2D eigenvalue weighted by molar-refractivity contribution is 5.89. The van der Waals surface area contributed by atoms with Crippen LogP contribution in [0.5, 0.6) is 0 Å². The molecular formula is C24H30O7. The molecular weight excluding hydrogens is 400 g/mol. The molecule has 7 nitrogen and oxygen atoms in total. The summed E-state index contributed by atoms with van der Waals surface area (Å²) in [5.74, 6) is -2.03. The first kappa shape index (κ1) is 21.1. The summed E-state index contributed by atoms with van der Waals surface area (Å²) in [6.07, 6.45) is 4.05. The Hall–Kier alpha value is -1.80. The largest absolute Gasteiger partial charge is 0.462 e. The smallest absolute Gasteiger partial charge is 0.338 e. The summed E-state index contributed by atoms with van der Waals surface area (Å²) in [6, 6.07) is 7.30. The van der Waals surface area contributed by atoms with E-state index in [9.17, 15) is 9.59 Å². The summed E-state index contributed by atoms with van der Waals surface area (Å²) < 4.78 is 30.2. The van der Waals surface area contributed by atoms with E-state index in [-0.39, 0.29) is 30.6 Å². The SMILES string of the molecule is C[C@@H]1CC23CCC4(O[C@H](CCOC(=O)c5ccc(cc5)COCC[C@H]1O2)CCC4=O)O3. The zero-order valence-corrected chi connectivity index (χ0v) is 18.0. The fourth-order valence-electron chi connectivity index (χ4n) is 5.24. The van der Waals surface area contributed by atoms with Crippen LogP contribution < -0.4 is 0 Å². The molecule has 5 atom stereocenters. The van der Waals surface area contributed by atoms with Crippen LogP contribution in [0.4, 0.5) is 0 Å². The first-order valence-corrected chi connectivity index (χ1v) is 11.4. The number of hydrogen-bond acceptors (Lipinski definition) is 7. The van der Waals surface area contributed by atoms with Crippen molar-refractivity contribution in [1.82, 2.24) is 0 Å². The number of fused-ring (bicyclic) bond motifs is 8. The summed E-state index contributed by atoms with van der Waals surface area (Å²) in [4.78, 5) is 25.1. The minimum absolute atomic E-state index is 0.00796. The van der Waals surface area contributed by atoms with E-state index in [4.69, 9.17) is 23.7 Å². The molecule has 6 bridgehead atoms. The first-order valence-electron chi connectivity index (χ1n) is 11.4. The van der Waals surface area contributed by atoms with E-state index < -0.39 is 11.6 Å². The number of benzene rings is 1. The highest BCUT2D eigenvalue weighted by atomic mass is 16.8. The van der Waals surface area contributed by atoms with Crippen LogP contribution in [0.25, 0.3) is 0 Å². The summed E-state index contributed by atoms with van der Waals surface area (Å²) in [7, 11) is 0. The normalized spacial score (nSPS) is 38.9. The lowest BCUT2D eigenvalue weighted by atomic mass is 9.94. The van der Waals surface area contributed by atoms with Crippen molar-refractivity contribution in [2.75, 3.05) is 13.2 Å². The van der Waals surface area contributed by atoms with Crippen molar-refractivity contribution < 1.29 is 33.3 Å². The van der Waals surface area contributed by atoms with Gasteiger partial charge >= 0.3 is 5.97 Å². The predicted molar refractivity (Wildman–Crippen MR) is 109 cm³/mol. The van der Waals surface area contributed by atoms with Gasteiger partial charge in [0.1, 0.15) is 0 Å². The van der Waals surface area contributed by atoms with E-state index in [1.165, 1.54) is 0 Å². The highest BCUT2D eigenvalue weighted by Crippen LogP contribution is 2.51. The molecule has 5 aliphatic rings. The Kier molecular flexibility index (Phi) is 5.63. The lowest BCUT2D eigenvalue weighted by Gasteiger charge is -2.38. The van der Waals surface area contributed by atoms with Crippen LogP contribution in [0, 0.1) is 5.92 Å². The third kappa shape index (κ3) is 4.16. The first-order chi connectivity index (χ1) is 15.0. The van der Waals surface area contributed by atoms with Gasteiger partial charge in [-0.3, -0.25) is 4.79 Å². The van der Waals surface area contributed by atoms with Gasteiger partial charge in [0.2, 0.25) is 5.79 Å². The zero-order chi connectivity index (χ0) is 21.5. The number of ketones is 1. The Morgan fingerprint density at radius 2 is 1.81 bits per heavy atom. The van der Waals surface area contributed by atoms with Crippen LogP contribution in [-0.2, 0) is 35.1 Å². The van der Waals surface area contributed by atoms with Gasteiger partial charge in [0.05, 0.1) is 31.0 Å². The highest BCUT2D eigenvalue weighted by Gasteiger charge is 2.60. The summed E-state index contributed by atoms with van der Waals surface area (Å²) in [5, 5.41) is 0. The molecule has 1 aromatic rings. The van der Waals surface area contributed by atoms with Crippen LogP contribution in [0.15, 0.2) is 24.3 Å². The third-order valence-corrected chi connectivity index (χ3v) is 6.97. The molecule has 5 heterocycles. The lowest BCUT2D eigenvalue weighted by molar-refractivity contribution is -0.317. The zero-order valence-electron chi connectivity index (χ0n) is 18.0. The van der Waals surface area contributed by atoms with Gasteiger partial charge in [-0.2, -0.15) is 0 Å². The average Bonchev–Trinajstić information content (AvgIpc) is 3.26. The van der Waals surface area contributed by atoms with E-state index in [0.29, 0.717) is 56.8 Å². The number of ether oxygens (including phenoxy) is 5. The van der Waals surface area contributed by atoms with Gasteiger partial charge < -0.3 is 23.7 Å². The minimum Gasteiger partial charge on any atom is -0.462 e. The van der Waals surface area contributed by atoms with E-state index >= 15 is 0 Å². The molecule has 3 saturated heterocycles. The molecule has 0 N–H and O–H groups in total. The van der Waals surface area contributed by atoms with Crippen LogP contribution in [0.3, 0.4) is 0 Å². The number of esters is 1. The maximum absolute atomic E-state index is 12.8. The predicted octanol–water partition coefficient (Wildman–Crippen LogP) is 3.53. The lowest BCUT2D eigenvalue weighted by Crippen LogP contribution is -2.50. The summed E-state index contributed by atoms with van der Waals surface area (Å²) >= 11 is 0. The minimum atomic E-state index is -1.23. The molecule has 3 fully saturated rings. The number of Topliss-reactive ketones (excluding diaryl/α,β-unsaturated/α-hetero) is 1. The molecule has 0 aliphatic carbocycles. The van der Waals surface area contributed by atoms with E-state index in [1.54, 1.807) is 12.1 Å². The van der Waals surface area contributed by atoms with Crippen LogP contribution in [0.1, 0.15) is 67.8 Å². The quantitative estimate of drug-likeness (QED) is 0.583. The van der Waals surface area contributed by atoms with Crippen molar-refractivity contribution >= 4 is 11.8 Å². The van der Waals surface area contributed by atoms with Gasteiger partial charge in [0, 0.05) is 38.7 Å². The Balaban J connectivity index is 1.35. The Bertz CT molecular complexity index is 837. The molecule has 168 valence electrons. The average molecular weight is 430 g/mol. The number of rotatable bonds is 0. The maximum atomic E-state index is 12.8. The second kappa shape index (κ2) is 8.28. The molecule has 2 spiro atoms. The van der Waals surface area contributed by atoms with Crippen molar-refractivity contribution in [2.45, 2.75) is 82.3 Å². The van der Waals surface area contributed by atoms with Gasteiger partial charge in [-0.25, -0.2) is 4.79 Å². The van der Waals surface area contributed by atoms with Crippen molar-refractivity contribution in [2.24, 2.45) is 5.92 Å².